The average Bonchev–Trinajstić information content (AvgIpc) is 3.40. The summed E-state index contributed by atoms with van der Waals surface area (Å²) >= 11 is 1.08. The van der Waals surface area contributed by atoms with Crippen molar-refractivity contribution in [2.75, 3.05) is 0 Å². The van der Waals surface area contributed by atoms with Crippen LogP contribution in [0.25, 0.3) is 5.69 Å². The summed E-state index contributed by atoms with van der Waals surface area (Å²) in [6, 6.07) is 12.2. The number of carboxylic acids is 1. The maximum atomic E-state index is 12.2. The van der Waals surface area contributed by atoms with Crippen LogP contribution in [0.2, 0.25) is 0 Å². The predicted octanol–water partition coefficient (Wildman–Crippen LogP) is 6.03. The van der Waals surface area contributed by atoms with Crippen molar-refractivity contribution in [1.29, 1.82) is 0 Å². The van der Waals surface area contributed by atoms with Gasteiger partial charge in [0.25, 0.3) is 0 Å². The summed E-state index contributed by atoms with van der Waals surface area (Å²) in [6.07, 6.45) is 7.44. The molecule has 0 aliphatic carbocycles. The van der Waals surface area contributed by atoms with E-state index in [0.29, 0.717) is 22.2 Å². The van der Waals surface area contributed by atoms with Gasteiger partial charge < -0.3 is 19.3 Å². The van der Waals surface area contributed by atoms with E-state index in [1.165, 1.54) is 50.3 Å². The molecule has 0 aliphatic rings. The van der Waals surface area contributed by atoms with Gasteiger partial charge in [-0.25, -0.2) is 4.79 Å². The second-order valence-corrected chi connectivity index (χ2v) is 10.4. The van der Waals surface area contributed by atoms with Gasteiger partial charge >= 0.3 is 17.9 Å². The lowest BCUT2D eigenvalue weighted by molar-refractivity contribution is -0.145. The third-order valence-corrected chi connectivity index (χ3v) is 7.02. The molecule has 1 atom stereocenters. The molecule has 1 aromatic heterocycles. The zero-order valence-corrected chi connectivity index (χ0v) is 24.4. The quantitative estimate of drug-likeness (QED) is 0.113. The maximum absolute atomic E-state index is 12.2. The number of carboxylic acid groups (broad SMARTS) is 1. The highest BCUT2D eigenvalue weighted by Gasteiger charge is 2.28. The van der Waals surface area contributed by atoms with Crippen molar-refractivity contribution in [2.24, 2.45) is 0 Å². The molecule has 1 unspecified atom stereocenters. The fourth-order valence-electron chi connectivity index (χ4n) is 4.10. The van der Waals surface area contributed by atoms with E-state index in [0.717, 1.165) is 31.0 Å². The number of aliphatic carboxylic acids is 1. The SMILES string of the molecule is CCCCCCCCCCC(Oc1c(Sc2nnnn2-c2ccccc2)ccc(OC(C)=O)c1OC(C)=O)C(=O)O. The van der Waals surface area contributed by atoms with Gasteiger partial charge in [0.1, 0.15) is 0 Å². The highest BCUT2D eigenvalue weighted by atomic mass is 32.2. The fraction of sp³-hybridized carbons (Fsp3) is 0.448. The number of rotatable bonds is 17. The first-order valence-corrected chi connectivity index (χ1v) is 14.6. The summed E-state index contributed by atoms with van der Waals surface area (Å²) < 4.78 is 18.2. The Morgan fingerprint density at radius 3 is 2.17 bits per heavy atom. The van der Waals surface area contributed by atoms with E-state index in [-0.39, 0.29) is 23.7 Å². The molecule has 1 N–H and O–H groups in total. The van der Waals surface area contributed by atoms with E-state index in [2.05, 4.69) is 22.4 Å². The number of benzene rings is 2. The Labute approximate surface area is 243 Å². The van der Waals surface area contributed by atoms with Gasteiger partial charge in [-0.1, -0.05) is 70.1 Å². The largest absolute Gasteiger partial charge is 0.479 e. The smallest absolute Gasteiger partial charge is 0.344 e. The first-order valence-electron chi connectivity index (χ1n) is 13.7. The molecule has 2 aromatic carbocycles. The Morgan fingerprint density at radius 1 is 0.878 bits per heavy atom. The number of aromatic nitrogens is 4. The minimum Gasteiger partial charge on any atom is -0.479 e. The molecule has 12 heteroatoms. The van der Waals surface area contributed by atoms with Crippen LogP contribution in [0, 0.1) is 0 Å². The Bertz CT molecular complexity index is 1300. The maximum Gasteiger partial charge on any atom is 0.344 e. The number of hydrogen-bond acceptors (Lipinski definition) is 10. The lowest BCUT2D eigenvalue weighted by atomic mass is 10.1. The first-order chi connectivity index (χ1) is 19.8. The molecule has 3 aromatic rings. The van der Waals surface area contributed by atoms with Gasteiger partial charge in [0.2, 0.25) is 10.9 Å². The Kier molecular flexibility index (Phi) is 12.6. The number of unbranched alkanes of at least 4 members (excludes halogenated alkanes) is 7. The molecule has 1 heterocycles. The van der Waals surface area contributed by atoms with Crippen LogP contribution in [0.15, 0.2) is 52.5 Å². The molecular weight excluding hydrogens is 548 g/mol. The molecule has 11 nitrogen and oxygen atoms in total. The van der Waals surface area contributed by atoms with Crippen LogP contribution in [-0.2, 0) is 14.4 Å². The standard InChI is InChI=1S/C29H36N4O7S/c1-4-5-6-7-8-9-10-14-17-24(28(36)37)40-27-25(19-18-23(38-20(2)34)26(27)39-21(3)35)41-29-30-31-32-33(29)22-15-12-11-13-16-22/h11-13,15-16,18-19,24H,4-10,14,17H2,1-3H3,(H,36,37). The minimum atomic E-state index is -1.23. The zero-order valence-electron chi connectivity index (χ0n) is 23.6. The molecule has 0 amide bonds. The zero-order chi connectivity index (χ0) is 29.6. The van der Waals surface area contributed by atoms with Gasteiger partial charge in [0.05, 0.1) is 10.6 Å². The second-order valence-electron chi connectivity index (χ2n) is 9.43. The summed E-state index contributed by atoms with van der Waals surface area (Å²) in [5.41, 5.74) is 0.706. The van der Waals surface area contributed by atoms with Crippen molar-refractivity contribution in [3.05, 3.63) is 42.5 Å². The van der Waals surface area contributed by atoms with E-state index in [1.54, 1.807) is 6.07 Å². The molecule has 0 bridgehead atoms. The van der Waals surface area contributed by atoms with E-state index < -0.39 is 24.0 Å². The van der Waals surface area contributed by atoms with Crippen LogP contribution in [0.4, 0.5) is 0 Å². The number of para-hydroxylation sites is 1. The average molecular weight is 585 g/mol. The number of esters is 2. The normalized spacial score (nSPS) is 11.6. The summed E-state index contributed by atoms with van der Waals surface area (Å²) in [6.45, 7) is 4.57. The van der Waals surface area contributed by atoms with Gasteiger partial charge in [-0.05, 0) is 59.3 Å². The van der Waals surface area contributed by atoms with Crippen molar-refractivity contribution in [1.82, 2.24) is 20.2 Å². The van der Waals surface area contributed by atoms with E-state index in [4.69, 9.17) is 14.2 Å². The lowest BCUT2D eigenvalue weighted by Crippen LogP contribution is -2.27. The molecule has 0 aliphatic heterocycles. The van der Waals surface area contributed by atoms with Crippen molar-refractivity contribution in [3.63, 3.8) is 0 Å². The highest BCUT2D eigenvalue weighted by molar-refractivity contribution is 7.99. The lowest BCUT2D eigenvalue weighted by Gasteiger charge is -2.21. The minimum absolute atomic E-state index is 0.0569. The summed E-state index contributed by atoms with van der Waals surface area (Å²) in [4.78, 5) is 36.5. The number of carbonyl (C=O) groups is 3. The van der Waals surface area contributed by atoms with Crippen molar-refractivity contribution in [3.8, 4) is 22.9 Å². The van der Waals surface area contributed by atoms with Crippen molar-refractivity contribution in [2.45, 2.75) is 94.7 Å². The number of nitrogens with zero attached hydrogens (tertiary/aromatic N) is 4. The second kappa shape index (κ2) is 16.4. The molecule has 41 heavy (non-hydrogen) atoms. The third-order valence-electron chi connectivity index (χ3n) is 6.04. The number of ether oxygens (including phenoxy) is 3. The van der Waals surface area contributed by atoms with Crippen LogP contribution < -0.4 is 14.2 Å². The van der Waals surface area contributed by atoms with E-state index in [9.17, 15) is 19.5 Å². The Hall–Kier alpha value is -3.93. The number of tetrazole rings is 1. The molecule has 3 rings (SSSR count). The summed E-state index contributed by atoms with van der Waals surface area (Å²) in [5, 5.41) is 22.3. The fourth-order valence-corrected chi connectivity index (χ4v) is 4.98. The monoisotopic (exact) mass is 584 g/mol. The first kappa shape index (κ1) is 31.6. The number of carbonyl (C=O) groups excluding carboxylic acids is 2. The summed E-state index contributed by atoms with van der Waals surface area (Å²) in [7, 11) is 0. The van der Waals surface area contributed by atoms with E-state index >= 15 is 0 Å². The predicted molar refractivity (Wildman–Crippen MR) is 152 cm³/mol. The molecule has 0 spiro atoms. The molecule has 0 radical (unpaired) electrons. The number of hydrogen-bond donors (Lipinski definition) is 1. The van der Waals surface area contributed by atoms with Crippen LogP contribution in [0.1, 0.15) is 78.6 Å². The highest BCUT2D eigenvalue weighted by Crippen LogP contribution is 2.47. The van der Waals surface area contributed by atoms with Crippen LogP contribution in [0.3, 0.4) is 0 Å². The van der Waals surface area contributed by atoms with Crippen molar-refractivity contribution >= 4 is 29.7 Å². The molecular formula is C29H36N4O7S. The van der Waals surface area contributed by atoms with Gasteiger partial charge in [-0.15, -0.1) is 5.10 Å². The van der Waals surface area contributed by atoms with Crippen LogP contribution in [0.5, 0.6) is 17.2 Å². The van der Waals surface area contributed by atoms with Crippen molar-refractivity contribution < 1.29 is 33.7 Å². The third kappa shape index (κ3) is 9.89. The van der Waals surface area contributed by atoms with Gasteiger partial charge in [0.15, 0.2) is 17.6 Å². The molecule has 220 valence electrons. The Morgan fingerprint density at radius 2 is 1.54 bits per heavy atom. The van der Waals surface area contributed by atoms with E-state index in [1.807, 2.05) is 30.3 Å². The molecule has 0 saturated carbocycles. The topological polar surface area (TPSA) is 143 Å². The molecule has 0 fully saturated rings. The van der Waals surface area contributed by atoms with Crippen LogP contribution >= 0.6 is 11.8 Å². The molecule has 0 saturated heterocycles. The van der Waals surface area contributed by atoms with Gasteiger partial charge in [-0.2, -0.15) is 4.68 Å². The van der Waals surface area contributed by atoms with Crippen LogP contribution in [-0.4, -0.2) is 49.3 Å². The van der Waals surface area contributed by atoms with Gasteiger partial charge in [-0.3, -0.25) is 9.59 Å². The van der Waals surface area contributed by atoms with Gasteiger partial charge in [0, 0.05) is 13.8 Å². The summed E-state index contributed by atoms with van der Waals surface area (Å²) in [5.74, 6) is -2.84. The Balaban J connectivity index is 1.90.